The molecule has 0 N–H and O–H groups in total. The summed E-state index contributed by atoms with van der Waals surface area (Å²) in [7, 11) is 0. The summed E-state index contributed by atoms with van der Waals surface area (Å²) < 4.78 is 0. The third-order valence-corrected chi connectivity index (χ3v) is 5.66. The van der Waals surface area contributed by atoms with Crippen LogP contribution in [-0.4, -0.2) is 60.9 Å². The Labute approximate surface area is 160 Å². The van der Waals surface area contributed by atoms with Gasteiger partial charge in [0.05, 0.1) is 0 Å². The maximum Gasteiger partial charge on any atom is 0.225 e. The molecule has 3 rings (SSSR count). The average molecular weight is 378 g/mol. The van der Waals surface area contributed by atoms with Crippen molar-refractivity contribution >= 4 is 29.1 Å². The summed E-state index contributed by atoms with van der Waals surface area (Å²) in [5.74, 6) is 0.560. The molecule has 142 valence electrons. The lowest BCUT2D eigenvalue weighted by Gasteiger charge is -2.39. The smallest absolute Gasteiger partial charge is 0.225 e. The zero-order valence-electron chi connectivity index (χ0n) is 15.5. The van der Waals surface area contributed by atoms with E-state index >= 15 is 0 Å². The molecule has 0 aromatic heterocycles. The van der Waals surface area contributed by atoms with Gasteiger partial charge in [0.1, 0.15) is 0 Å². The first-order chi connectivity index (χ1) is 12.6. The van der Waals surface area contributed by atoms with Gasteiger partial charge in [-0.1, -0.05) is 24.6 Å². The molecule has 0 radical (unpaired) electrons. The Kier molecular flexibility index (Phi) is 6.41. The minimum absolute atomic E-state index is 0.0680. The molecule has 2 heterocycles. The molecule has 2 amide bonds. The van der Waals surface area contributed by atoms with Gasteiger partial charge in [0.2, 0.25) is 11.8 Å². The Hall–Kier alpha value is -1.75. The van der Waals surface area contributed by atoms with Gasteiger partial charge < -0.3 is 14.7 Å². The van der Waals surface area contributed by atoms with Gasteiger partial charge in [-0.15, -0.1) is 0 Å². The largest absolute Gasteiger partial charge is 0.368 e. The summed E-state index contributed by atoms with van der Waals surface area (Å²) in [4.78, 5) is 31.0. The maximum atomic E-state index is 12.8. The van der Waals surface area contributed by atoms with Gasteiger partial charge in [0.25, 0.3) is 0 Å². The maximum absolute atomic E-state index is 12.8. The number of piperidine rings is 1. The topological polar surface area (TPSA) is 43.9 Å². The van der Waals surface area contributed by atoms with E-state index in [1.54, 1.807) is 0 Å². The summed E-state index contributed by atoms with van der Waals surface area (Å²) in [6.45, 7) is 6.63. The van der Waals surface area contributed by atoms with Crippen LogP contribution in [0.1, 0.15) is 32.6 Å². The van der Waals surface area contributed by atoms with Crippen molar-refractivity contribution in [2.75, 3.05) is 44.2 Å². The standard InChI is InChI=1S/C20H28ClN3O2/c1-2-4-19(25)23-9-7-16(8-10-23)20(26)24-13-11-22(12-14-24)18-6-3-5-17(21)15-18/h3,5-6,15-16H,2,4,7-14H2,1H3. The predicted molar refractivity (Wildman–Crippen MR) is 104 cm³/mol. The van der Waals surface area contributed by atoms with Crippen LogP contribution in [0, 0.1) is 5.92 Å². The van der Waals surface area contributed by atoms with Crippen LogP contribution in [0.5, 0.6) is 0 Å². The fraction of sp³-hybridized carbons (Fsp3) is 0.600. The van der Waals surface area contributed by atoms with Gasteiger partial charge in [0.15, 0.2) is 0 Å². The van der Waals surface area contributed by atoms with Crippen molar-refractivity contribution in [3.05, 3.63) is 29.3 Å². The third-order valence-electron chi connectivity index (χ3n) is 5.43. The van der Waals surface area contributed by atoms with Crippen molar-refractivity contribution in [1.29, 1.82) is 0 Å². The molecule has 2 fully saturated rings. The number of carbonyl (C=O) groups excluding carboxylic acids is 2. The Morgan fingerprint density at radius 3 is 2.35 bits per heavy atom. The van der Waals surface area contributed by atoms with Gasteiger partial charge >= 0.3 is 0 Å². The zero-order valence-corrected chi connectivity index (χ0v) is 16.2. The van der Waals surface area contributed by atoms with E-state index in [9.17, 15) is 9.59 Å². The molecule has 0 bridgehead atoms. The predicted octanol–water partition coefficient (Wildman–Crippen LogP) is 3.03. The van der Waals surface area contributed by atoms with Gasteiger partial charge in [-0.25, -0.2) is 0 Å². The monoisotopic (exact) mass is 377 g/mol. The minimum atomic E-state index is 0.0680. The van der Waals surface area contributed by atoms with Crippen molar-refractivity contribution in [2.24, 2.45) is 5.92 Å². The second-order valence-electron chi connectivity index (χ2n) is 7.20. The molecule has 1 aromatic carbocycles. The molecule has 0 spiro atoms. The number of benzene rings is 1. The third kappa shape index (κ3) is 4.50. The summed E-state index contributed by atoms with van der Waals surface area (Å²) in [6.07, 6.45) is 3.09. The van der Waals surface area contributed by atoms with Gasteiger partial charge in [-0.3, -0.25) is 9.59 Å². The number of hydrogen-bond donors (Lipinski definition) is 0. The summed E-state index contributed by atoms with van der Waals surface area (Å²) in [6, 6.07) is 7.87. The van der Waals surface area contributed by atoms with Crippen LogP contribution in [0.25, 0.3) is 0 Å². The molecular weight excluding hydrogens is 350 g/mol. The highest BCUT2D eigenvalue weighted by atomic mass is 35.5. The van der Waals surface area contributed by atoms with Gasteiger partial charge in [-0.05, 0) is 37.5 Å². The molecule has 0 atom stereocenters. The molecule has 26 heavy (non-hydrogen) atoms. The van der Waals surface area contributed by atoms with E-state index < -0.39 is 0 Å². The first-order valence-corrected chi connectivity index (χ1v) is 10.0. The molecule has 1 aromatic rings. The second kappa shape index (κ2) is 8.76. The van der Waals surface area contributed by atoms with Crippen LogP contribution < -0.4 is 4.90 Å². The van der Waals surface area contributed by atoms with Crippen LogP contribution in [-0.2, 0) is 9.59 Å². The lowest BCUT2D eigenvalue weighted by Crippen LogP contribution is -2.52. The molecule has 0 saturated carbocycles. The lowest BCUT2D eigenvalue weighted by molar-refractivity contribution is -0.141. The highest BCUT2D eigenvalue weighted by molar-refractivity contribution is 6.30. The number of piperazine rings is 1. The highest BCUT2D eigenvalue weighted by Crippen LogP contribution is 2.24. The number of hydrogen-bond acceptors (Lipinski definition) is 3. The van der Waals surface area contributed by atoms with E-state index in [2.05, 4.69) is 11.0 Å². The van der Waals surface area contributed by atoms with E-state index in [1.807, 2.05) is 34.9 Å². The zero-order chi connectivity index (χ0) is 18.5. The molecule has 0 unspecified atom stereocenters. The van der Waals surface area contributed by atoms with Gasteiger partial charge in [0, 0.05) is 62.3 Å². The Bertz CT molecular complexity index is 636. The normalized spacial score (nSPS) is 18.9. The molecule has 2 saturated heterocycles. The van der Waals surface area contributed by atoms with Crippen molar-refractivity contribution in [2.45, 2.75) is 32.6 Å². The second-order valence-corrected chi connectivity index (χ2v) is 7.63. The van der Waals surface area contributed by atoms with E-state index in [1.165, 1.54) is 0 Å². The minimum Gasteiger partial charge on any atom is -0.368 e. The van der Waals surface area contributed by atoms with Crippen LogP contribution in [0.4, 0.5) is 5.69 Å². The first-order valence-electron chi connectivity index (χ1n) is 9.65. The quantitative estimate of drug-likeness (QED) is 0.810. The number of anilines is 1. The molecule has 2 aliphatic heterocycles. The highest BCUT2D eigenvalue weighted by Gasteiger charge is 2.31. The fourth-order valence-corrected chi connectivity index (χ4v) is 4.05. The number of nitrogens with zero attached hydrogens (tertiary/aromatic N) is 3. The van der Waals surface area contributed by atoms with Crippen LogP contribution in [0.3, 0.4) is 0 Å². The molecule has 0 aliphatic carbocycles. The molecule has 6 heteroatoms. The van der Waals surface area contributed by atoms with E-state index in [0.29, 0.717) is 6.42 Å². The number of likely N-dealkylation sites (tertiary alicyclic amines) is 1. The summed E-state index contributed by atoms with van der Waals surface area (Å²) >= 11 is 6.08. The average Bonchev–Trinajstić information content (AvgIpc) is 2.68. The number of carbonyl (C=O) groups is 2. The molecule has 2 aliphatic rings. The van der Waals surface area contributed by atoms with Crippen LogP contribution in [0.2, 0.25) is 5.02 Å². The van der Waals surface area contributed by atoms with Crippen LogP contribution in [0.15, 0.2) is 24.3 Å². The Balaban J connectivity index is 1.48. The van der Waals surface area contributed by atoms with E-state index in [4.69, 9.17) is 11.6 Å². The van der Waals surface area contributed by atoms with Crippen molar-refractivity contribution in [3.63, 3.8) is 0 Å². The Morgan fingerprint density at radius 1 is 1.04 bits per heavy atom. The van der Waals surface area contributed by atoms with E-state index in [0.717, 1.165) is 69.2 Å². The fourth-order valence-electron chi connectivity index (χ4n) is 3.86. The molecular formula is C20H28ClN3O2. The number of amides is 2. The van der Waals surface area contributed by atoms with Gasteiger partial charge in [-0.2, -0.15) is 0 Å². The summed E-state index contributed by atoms with van der Waals surface area (Å²) in [5, 5.41) is 0.741. The van der Waals surface area contributed by atoms with Crippen LogP contribution >= 0.6 is 11.6 Å². The van der Waals surface area contributed by atoms with Crippen molar-refractivity contribution in [3.8, 4) is 0 Å². The lowest BCUT2D eigenvalue weighted by atomic mass is 9.94. The Morgan fingerprint density at radius 2 is 1.73 bits per heavy atom. The number of halogens is 1. The SMILES string of the molecule is CCCC(=O)N1CCC(C(=O)N2CCN(c3cccc(Cl)c3)CC2)CC1. The summed E-state index contributed by atoms with van der Waals surface area (Å²) in [5.41, 5.74) is 1.12. The first kappa shape index (κ1) is 19.0. The molecule has 5 nitrogen and oxygen atoms in total. The van der Waals surface area contributed by atoms with Crippen molar-refractivity contribution in [1.82, 2.24) is 9.80 Å². The number of rotatable bonds is 4. The van der Waals surface area contributed by atoms with E-state index in [-0.39, 0.29) is 17.7 Å². The van der Waals surface area contributed by atoms with Crippen molar-refractivity contribution < 1.29 is 9.59 Å².